The van der Waals surface area contributed by atoms with Crippen LogP contribution in [0.5, 0.6) is 0 Å². The fourth-order valence-corrected chi connectivity index (χ4v) is 3.89. The van der Waals surface area contributed by atoms with Crippen LogP contribution in [0.25, 0.3) is 0 Å². The quantitative estimate of drug-likeness (QED) is 0.166. The number of carbonyl (C=O) groups is 2. The lowest BCUT2D eigenvalue weighted by Gasteiger charge is -2.23. The SMILES string of the molecule is CC(C)NCCCC(=O)O.CC(C)NCCc1ccccc1.CC(C)N[C@@H](Cc1ccccc1)C[C@H](C)C(=O)O. The topological polar surface area (TPSA) is 111 Å². The van der Waals surface area contributed by atoms with Crippen LogP contribution in [0.15, 0.2) is 60.7 Å². The van der Waals surface area contributed by atoms with Gasteiger partial charge in [0.25, 0.3) is 0 Å². The maximum Gasteiger partial charge on any atom is 0.306 e. The highest BCUT2D eigenvalue weighted by molar-refractivity contribution is 5.69. The average Bonchev–Trinajstić information content (AvgIpc) is 2.88. The number of hydrogen-bond donors (Lipinski definition) is 5. The highest BCUT2D eigenvalue weighted by Crippen LogP contribution is 2.12. The molecule has 0 bridgehead atoms. The van der Waals surface area contributed by atoms with Gasteiger partial charge in [0.1, 0.15) is 0 Å². The van der Waals surface area contributed by atoms with Crippen LogP contribution >= 0.6 is 0 Å². The van der Waals surface area contributed by atoms with Crippen molar-refractivity contribution in [3.8, 4) is 0 Å². The van der Waals surface area contributed by atoms with Crippen LogP contribution < -0.4 is 16.0 Å². The van der Waals surface area contributed by atoms with E-state index in [1.807, 2.05) is 32.0 Å². The fraction of sp³-hybridized carbons (Fsp3) is 0.576. The Balaban J connectivity index is 0.000000603. The second kappa shape index (κ2) is 23.0. The molecular formula is C33H55N3O4. The summed E-state index contributed by atoms with van der Waals surface area (Å²) in [5.41, 5.74) is 2.65. The Labute approximate surface area is 243 Å². The van der Waals surface area contributed by atoms with Crippen molar-refractivity contribution in [2.75, 3.05) is 13.1 Å². The molecule has 0 aliphatic heterocycles. The largest absolute Gasteiger partial charge is 0.481 e. The third-order valence-corrected chi connectivity index (χ3v) is 5.88. The van der Waals surface area contributed by atoms with Crippen molar-refractivity contribution in [3.05, 3.63) is 71.8 Å². The number of rotatable bonds is 16. The summed E-state index contributed by atoms with van der Waals surface area (Å²) in [5, 5.41) is 27.2. The Morgan fingerprint density at radius 3 is 1.65 bits per heavy atom. The van der Waals surface area contributed by atoms with Gasteiger partial charge >= 0.3 is 11.9 Å². The Morgan fingerprint density at radius 1 is 0.700 bits per heavy atom. The summed E-state index contributed by atoms with van der Waals surface area (Å²) in [5.74, 6) is -1.76. The minimum atomic E-state index is -0.724. The Bertz CT molecular complexity index is 889. The van der Waals surface area contributed by atoms with E-state index in [9.17, 15) is 9.59 Å². The van der Waals surface area contributed by atoms with Gasteiger partial charge in [0, 0.05) is 30.6 Å². The second-order valence-corrected chi connectivity index (χ2v) is 11.1. The van der Waals surface area contributed by atoms with Crippen molar-refractivity contribution in [2.45, 2.75) is 105 Å². The lowest BCUT2D eigenvalue weighted by Crippen LogP contribution is -2.38. The van der Waals surface area contributed by atoms with E-state index in [-0.39, 0.29) is 18.4 Å². The monoisotopic (exact) mass is 557 g/mol. The molecule has 7 heteroatoms. The van der Waals surface area contributed by atoms with Gasteiger partial charge in [-0.3, -0.25) is 9.59 Å². The lowest BCUT2D eigenvalue weighted by atomic mass is 9.95. The molecule has 0 saturated carbocycles. The van der Waals surface area contributed by atoms with E-state index in [2.05, 4.69) is 86.1 Å². The van der Waals surface area contributed by atoms with E-state index in [1.54, 1.807) is 6.92 Å². The molecule has 2 aromatic carbocycles. The molecular weight excluding hydrogens is 502 g/mol. The summed E-state index contributed by atoms with van der Waals surface area (Å²) >= 11 is 0. The molecule has 0 aromatic heterocycles. The second-order valence-electron chi connectivity index (χ2n) is 11.1. The van der Waals surface area contributed by atoms with Gasteiger partial charge in [-0.1, -0.05) is 109 Å². The maximum absolute atomic E-state index is 10.9. The number of carboxylic acid groups (broad SMARTS) is 2. The normalized spacial score (nSPS) is 12.2. The molecule has 0 aliphatic carbocycles. The smallest absolute Gasteiger partial charge is 0.306 e. The third kappa shape index (κ3) is 23.2. The van der Waals surface area contributed by atoms with E-state index in [0.29, 0.717) is 31.0 Å². The maximum atomic E-state index is 10.9. The van der Waals surface area contributed by atoms with Crippen LogP contribution in [0.1, 0.15) is 78.9 Å². The van der Waals surface area contributed by atoms with E-state index < -0.39 is 11.9 Å². The lowest BCUT2D eigenvalue weighted by molar-refractivity contribution is -0.141. The minimum absolute atomic E-state index is 0.207. The van der Waals surface area contributed by atoms with Gasteiger partial charge in [-0.15, -0.1) is 0 Å². The molecule has 0 heterocycles. The van der Waals surface area contributed by atoms with Gasteiger partial charge in [0.15, 0.2) is 0 Å². The van der Waals surface area contributed by atoms with Crippen molar-refractivity contribution < 1.29 is 19.8 Å². The predicted octanol–water partition coefficient (Wildman–Crippen LogP) is 5.78. The van der Waals surface area contributed by atoms with E-state index in [1.165, 1.54) is 11.1 Å². The number of nitrogens with one attached hydrogen (secondary N) is 3. The molecule has 2 atom stereocenters. The summed E-state index contributed by atoms with van der Waals surface area (Å²) in [4.78, 5) is 21.0. The molecule has 7 nitrogen and oxygen atoms in total. The Morgan fingerprint density at radius 2 is 1.20 bits per heavy atom. The summed E-state index contributed by atoms with van der Waals surface area (Å²) < 4.78 is 0. The van der Waals surface area contributed by atoms with Gasteiger partial charge < -0.3 is 26.2 Å². The van der Waals surface area contributed by atoms with Crippen molar-refractivity contribution >= 4 is 11.9 Å². The van der Waals surface area contributed by atoms with Crippen molar-refractivity contribution in [3.63, 3.8) is 0 Å². The van der Waals surface area contributed by atoms with Crippen LogP contribution in [0, 0.1) is 5.92 Å². The van der Waals surface area contributed by atoms with Crippen LogP contribution in [-0.4, -0.2) is 59.4 Å². The number of hydrogen-bond acceptors (Lipinski definition) is 5. The van der Waals surface area contributed by atoms with Gasteiger partial charge in [0.05, 0.1) is 5.92 Å². The molecule has 0 amide bonds. The van der Waals surface area contributed by atoms with Crippen molar-refractivity contribution in [2.24, 2.45) is 5.92 Å². The highest BCUT2D eigenvalue weighted by atomic mass is 16.4. The molecule has 5 N–H and O–H groups in total. The zero-order valence-corrected chi connectivity index (χ0v) is 25.8. The first-order valence-electron chi connectivity index (χ1n) is 14.7. The number of benzene rings is 2. The number of aliphatic carboxylic acids is 2. The molecule has 0 unspecified atom stereocenters. The van der Waals surface area contributed by atoms with Crippen molar-refractivity contribution in [1.82, 2.24) is 16.0 Å². The van der Waals surface area contributed by atoms with Crippen LogP contribution in [-0.2, 0) is 22.4 Å². The van der Waals surface area contributed by atoms with E-state index in [0.717, 1.165) is 25.9 Å². The third-order valence-electron chi connectivity index (χ3n) is 5.88. The van der Waals surface area contributed by atoms with Gasteiger partial charge in [-0.2, -0.15) is 0 Å². The predicted molar refractivity (Wildman–Crippen MR) is 167 cm³/mol. The molecule has 0 radical (unpaired) electrons. The summed E-state index contributed by atoms with van der Waals surface area (Å²) in [6, 6.07) is 22.4. The van der Waals surface area contributed by atoms with Crippen LogP contribution in [0.4, 0.5) is 0 Å². The first kappa shape index (κ1) is 37.3. The summed E-state index contributed by atoms with van der Waals surface area (Å²) in [7, 11) is 0. The van der Waals surface area contributed by atoms with Crippen molar-refractivity contribution in [1.29, 1.82) is 0 Å². The summed E-state index contributed by atoms with van der Waals surface area (Å²) in [6.45, 7) is 16.2. The van der Waals surface area contributed by atoms with Gasteiger partial charge in [0.2, 0.25) is 0 Å². The zero-order chi connectivity index (χ0) is 30.3. The highest BCUT2D eigenvalue weighted by Gasteiger charge is 2.19. The molecule has 226 valence electrons. The van der Waals surface area contributed by atoms with Crippen LogP contribution in [0.2, 0.25) is 0 Å². The molecule has 0 spiro atoms. The van der Waals surface area contributed by atoms with E-state index >= 15 is 0 Å². The minimum Gasteiger partial charge on any atom is -0.481 e. The fourth-order valence-electron chi connectivity index (χ4n) is 3.89. The van der Waals surface area contributed by atoms with Gasteiger partial charge in [-0.05, 0) is 49.9 Å². The first-order valence-corrected chi connectivity index (χ1v) is 14.7. The molecule has 40 heavy (non-hydrogen) atoms. The standard InChI is InChI=1S/C15H23NO2.C11H17N.C7H15NO2/c1-11(2)16-14(9-12(3)15(17)18)10-13-7-5-4-6-8-13;1-10(2)12-9-8-11-6-4-3-5-7-11;1-6(2)8-5-3-4-7(9)10/h4-8,11-12,14,16H,9-10H2,1-3H3,(H,17,18);3-7,10,12H,8-9H2,1-2H3;6,8H,3-5H2,1-2H3,(H,9,10)/t12-,14+;;/m0../s1. The first-order chi connectivity index (χ1) is 18.9. The summed E-state index contributed by atoms with van der Waals surface area (Å²) in [6.07, 6.45) is 3.63. The zero-order valence-electron chi connectivity index (χ0n) is 25.8. The van der Waals surface area contributed by atoms with E-state index in [4.69, 9.17) is 10.2 Å². The number of carboxylic acids is 2. The molecule has 0 saturated heterocycles. The molecule has 0 aliphatic rings. The Hall–Kier alpha value is -2.74. The van der Waals surface area contributed by atoms with Crippen LogP contribution in [0.3, 0.4) is 0 Å². The average molecular weight is 558 g/mol. The van der Waals surface area contributed by atoms with Gasteiger partial charge in [-0.25, -0.2) is 0 Å². The molecule has 2 rings (SSSR count). The Kier molecular flexibility index (Phi) is 21.4. The molecule has 2 aromatic rings. The molecule has 0 fully saturated rings.